The van der Waals surface area contributed by atoms with Gasteiger partial charge in [-0.05, 0) is 30.9 Å². The first-order valence-corrected chi connectivity index (χ1v) is 6.55. The predicted molar refractivity (Wildman–Crippen MR) is 69.0 cm³/mol. The Kier molecular flexibility index (Phi) is 3.85. The molecule has 2 atom stereocenters. The highest BCUT2D eigenvalue weighted by molar-refractivity contribution is 5.27. The third kappa shape index (κ3) is 2.88. The van der Waals surface area contributed by atoms with Crippen LogP contribution >= 0.6 is 0 Å². The smallest absolute Gasteiger partial charge is 0.0927 e. The van der Waals surface area contributed by atoms with Gasteiger partial charge >= 0.3 is 0 Å². The van der Waals surface area contributed by atoms with Gasteiger partial charge in [-0.2, -0.15) is 0 Å². The molecule has 1 N–H and O–H groups in total. The molecule has 1 aromatic carbocycles. The molecule has 1 heterocycles. The molecule has 0 aromatic heterocycles. The van der Waals surface area contributed by atoms with Crippen molar-refractivity contribution in [1.82, 2.24) is 0 Å². The van der Waals surface area contributed by atoms with E-state index >= 15 is 0 Å². The number of benzene rings is 1. The lowest BCUT2D eigenvalue weighted by molar-refractivity contribution is -0.112. The molecule has 0 aliphatic carbocycles. The molecule has 2 unspecified atom stereocenters. The summed E-state index contributed by atoms with van der Waals surface area (Å²) in [4.78, 5) is 0. The predicted octanol–water partition coefficient (Wildman–Crippen LogP) is 3.03. The Balaban J connectivity index is 2.15. The second kappa shape index (κ2) is 5.19. The normalized spacial score (nSPS) is 29.2. The number of aryl methyl sites for hydroxylation is 1. The molecule has 1 aliphatic heterocycles. The average molecular weight is 234 g/mol. The minimum absolute atomic E-state index is 0.232. The van der Waals surface area contributed by atoms with Crippen LogP contribution in [-0.4, -0.2) is 17.8 Å². The van der Waals surface area contributed by atoms with Crippen LogP contribution in [0, 0.1) is 0 Å². The van der Waals surface area contributed by atoms with Gasteiger partial charge in [0.2, 0.25) is 0 Å². The van der Waals surface area contributed by atoms with E-state index in [4.69, 9.17) is 4.74 Å². The number of hydrogen-bond donors (Lipinski definition) is 1. The minimum Gasteiger partial charge on any atom is -0.393 e. The Bertz CT molecular complexity index is 358. The molecule has 1 fully saturated rings. The maximum Gasteiger partial charge on any atom is 0.0927 e. The average Bonchev–Trinajstić information content (AvgIpc) is 2.30. The van der Waals surface area contributed by atoms with Crippen LogP contribution in [0.5, 0.6) is 0 Å². The molecule has 2 heteroatoms. The minimum atomic E-state index is -0.317. The lowest BCUT2D eigenvalue weighted by atomic mass is 9.86. The highest BCUT2D eigenvalue weighted by Gasteiger charge is 2.33. The van der Waals surface area contributed by atoms with Crippen molar-refractivity contribution in [2.75, 3.05) is 6.61 Å². The maximum absolute atomic E-state index is 9.76. The van der Waals surface area contributed by atoms with E-state index in [9.17, 15) is 5.11 Å². The summed E-state index contributed by atoms with van der Waals surface area (Å²) in [5, 5.41) is 9.76. The summed E-state index contributed by atoms with van der Waals surface area (Å²) in [6, 6.07) is 8.63. The molecule has 2 rings (SSSR count). The van der Waals surface area contributed by atoms with Gasteiger partial charge in [-0.15, -0.1) is 0 Å². The van der Waals surface area contributed by atoms with Crippen LogP contribution < -0.4 is 0 Å². The van der Waals surface area contributed by atoms with Crippen molar-refractivity contribution in [3.63, 3.8) is 0 Å². The first-order chi connectivity index (χ1) is 8.14. The zero-order valence-electron chi connectivity index (χ0n) is 10.8. The molecule has 0 saturated carbocycles. The fraction of sp³-hybridized carbons (Fsp3) is 0.600. The van der Waals surface area contributed by atoms with E-state index in [0.717, 1.165) is 12.8 Å². The second-order valence-electron chi connectivity index (χ2n) is 5.17. The molecule has 1 saturated heterocycles. The largest absolute Gasteiger partial charge is 0.393 e. The number of aliphatic hydroxyl groups excluding tert-OH is 1. The van der Waals surface area contributed by atoms with E-state index in [1.165, 1.54) is 17.5 Å². The highest BCUT2D eigenvalue weighted by atomic mass is 16.5. The molecular formula is C15H22O2. The zero-order chi connectivity index (χ0) is 12.3. The van der Waals surface area contributed by atoms with Crippen molar-refractivity contribution >= 4 is 0 Å². The second-order valence-corrected chi connectivity index (χ2v) is 5.17. The van der Waals surface area contributed by atoms with Crippen LogP contribution in [0.2, 0.25) is 0 Å². The summed E-state index contributed by atoms with van der Waals surface area (Å²) in [5.74, 6) is 0. The van der Waals surface area contributed by atoms with Crippen LogP contribution in [0.3, 0.4) is 0 Å². The van der Waals surface area contributed by atoms with E-state index in [1.807, 2.05) is 0 Å². The molecule has 0 amide bonds. The molecule has 0 spiro atoms. The van der Waals surface area contributed by atoms with Crippen LogP contribution in [0.1, 0.15) is 44.2 Å². The van der Waals surface area contributed by atoms with Gasteiger partial charge in [-0.25, -0.2) is 0 Å². The summed E-state index contributed by atoms with van der Waals surface area (Å²) in [5.41, 5.74) is 2.23. The lowest BCUT2D eigenvalue weighted by Crippen LogP contribution is -2.37. The van der Waals surface area contributed by atoms with Crippen LogP contribution in [0.4, 0.5) is 0 Å². The van der Waals surface area contributed by atoms with E-state index in [1.54, 1.807) is 0 Å². The maximum atomic E-state index is 9.76. The summed E-state index contributed by atoms with van der Waals surface area (Å²) in [6.07, 6.45) is 3.51. The summed E-state index contributed by atoms with van der Waals surface area (Å²) >= 11 is 0. The molecular weight excluding hydrogens is 212 g/mol. The SMILES string of the molecule is CCCc1ccc(C2(C)CC(O)CCO2)cc1. The van der Waals surface area contributed by atoms with Gasteiger partial charge in [-0.1, -0.05) is 37.6 Å². The number of aliphatic hydroxyl groups is 1. The highest BCUT2D eigenvalue weighted by Crippen LogP contribution is 2.34. The van der Waals surface area contributed by atoms with Crippen LogP contribution in [0.15, 0.2) is 24.3 Å². The van der Waals surface area contributed by atoms with Crippen molar-refractivity contribution < 1.29 is 9.84 Å². The Morgan fingerprint density at radius 2 is 2.06 bits per heavy atom. The van der Waals surface area contributed by atoms with Crippen LogP contribution in [-0.2, 0) is 16.8 Å². The quantitative estimate of drug-likeness (QED) is 0.871. The van der Waals surface area contributed by atoms with Crippen molar-refractivity contribution in [2.45, 2.75) is 51.2 Å². The van der Waals surface area contributed by atoms with E-state index < -0.39 is 0 Å². The fourth-order valence-corrected chi connectivity index (χ4v) is 2.54. The summed E-state index contributed by atoms with van der Waals surface area (Å²) < 4.78 is 5.86. The standard InChI is InChI=1S/C15H22O2/c1-3-4-12-5-7-13(8-6-12)15(2)11-14(16)9-10-17-15/h5-8,14,16H,3-4,9-11H2,1-2H3. The summed E-state index contributed by atoms with van der Waals surface area (Å²) in [6.45, 7) is 4.91. The first-order valence-electron chi connectivity index (χ1n) is 6.55. The zero-order valence-corrected chi connectivity index (χ0v) is 10.8. The Labute approximate surface area is 104 Å². The van der Waals surface area contributed by atoms with Gasteiger partial charge in [-0.3, -0.25) is 0 Å². The first kappa shape index (κ1) is 12.6. The molecule has 17 heavy (non-hydrogen) atoms. The van der Waals surface area contributed by atoms with Crippen LogP contribution in [0.25, 0.3) is 0 Å². The molecule has 2 nitrogen and oxygen atoms in total. The monoisotopic (exact) mass is 234 g/mol. The third-order valence-electron chi connectivity index (χ3n) is 3.60. The molecule has 0 radical (unpaired) electrons. The number of ether oxygens (including phenoxy) is 1. The fourth-order valence-electron chi connectivity index (χ4n) is 2.54. The van der Waals surface area contributed by atoms with Crippen molar-refractivity contribution in [3.8, 4) is 0 Å². The lowest BCUT2D eigenvalue weighted by Gasteiger charge is -2.37. The Morgan fingerprint density at radius 1 is 1.35 bits per heavy atom. The van der Waals surface area contributed by atoms with Gasteiger partial charge < -0.3 is 9.84 Å². The Hall–Kier alpha value is -0.860. The van der Waals surface area contributed by atoms with E-state index in [-0.39, 0.29) is 11.7 Å². The Morgan fingerprint density at radius 3 is 2.65 bits per heavy atom. The van der Waals surface area contributed by atoms with Gasteiger partial charge in [0, 0.05) is 6.42 Å². The third-order valence-corrected chi connectivity index (χ3v) is 3.60. The number of rotatable bonds is 3. The van der Waals surface area contributed by atoms with Gasteiger partial charge in [0.15, 0.2) is 0 Å². The van der Waals surface area contributed by atoms with E-state index in [2.05, 4.69) is 38.1 Å². The van der Waals surface area contributed by atoms with Gasteiger partial charge in [0.25, 0.3) is 0 Å². The van der Waals surface area contributed by atoms with Gasteiger partial charge in [0.05, 0.1) is 18.3 Å². The topological polar surface area (TPSA) is 29.5 Å². The van der Waals surface area contributed by atoms with Crippen molar-refractivity contribution in [2.24, 2.45) is 0 Å². The van der Waals surface area contributed by atoms with Gasteiger partial charge in [0.1, 0.15) is 0 Å². The summed E-state index contributed by atoms with van der Waals surface area (Å²) in [7, 11) is 0. The molecule has 1 aliphatic rings. The van der Waals surface area contributed by atoms with E-state index in [0.29, 0.717) is 13.0 Å². The van der Waals surface area contributed by atoms with Crippen molar-refractivity contribution in [3.05, 3.63) is 35.4 Å². The number of hydrogen-bond acceptors (Lipinski definition) is 2. The molecule has 94 valence electrons. The molecule has 1 aromatic rings. The molecule has 0 bridgehead atoms. The van der Waals surface area contributed by atoms with Crippen molar-refractivity contribution in [1.29, 1.82) is 0 Å².